The van der Waals surface area contributed by atoms with Crippen molar-refractivity contribution in [3.05, 3.63) is 23.8 Å². The van der Waals surface area contributed by atoms with Gasteiger partial charge in [-0.2, -0.15) is 0 Å². The second-order valence-corrected chi connectivity index (χ2v) is 3.17. The molecule has 0 aromatic heterocycles. The van der Waals surface area contributed by atoms with Gasteiger partial charge in [-0.25, -0.2) is 0 Å². The minimum Gasteiger partial charge on any atom is -0.493 e. The lowest BCUT2D eigenvalue weighted by Gasteiger charge is -2.06. The molecule has 0 spiro atoms. The molecule has 2 N–H and O–H groups in total. The van der Waals surface area contributed by atoms with Gasteiger partial charge in [-0.05, 0) is 38.2 Å². The summed E-state index contributed by atoms with van der Waals surface area (Å²) < 4.78 is 10.2. The molecule has 0 aliphatic rings. The van der Waals surface area contributed by atoms with Crippen LogP contribution in [0.4, 0.5) is 0 Å². The van der Waals surface area contributed by atoms with E-state index in [9.17, 15) is 0 Å². The average Bonchev–Trinajstić information content (AvgIpc) is 2.39. The number of benzene rings is 1. The van der Waals surface area contributed by atoms with Crippen LogP contribution in [-0.2, 0) is 4.79 Å². The number of carbonyl (C=O) groups is 1. The number of methoxy groups -OCH3 is 2. The lowest BCUT2D eigenvalue weighted by atomic mass is 10.2. The first-order chi connectivity index (χ1) is 8.60. The first kappa shape index (κ1) is 18.6. The van der Waals surface area contributed by atoms with Crippen molar-refractivity contribution in [1.82, 2.24) is 5.32 Å². The highest BCUT2D eigenvalue weighted by Crippen LogP contribution is 2.26. The third kappa shape index (κ3) is 9.47. The molecule has 0 saturated heterocycles. The Balaban J connectivity index is 0. The second kappa shape index (κ2) is 13.3. The van der Waals surface area contributed by atoms with Crippen molar-refractivity contribution in [2.75, 3.05) is 27.8 Å². The molecule has 0 amide bonds. The van der Waals surface area contributed by atoms with Gasteiger partial charge in [0.2, 0.25) is 0 Å². The maximum absolute atomic E-state index is 8.36. The Hall–Kier alpha value is -1.75. The Bertz CT molecular complexity index is 314. The summed E-state index contributed by atoms with van der Waals surface area (Å²) in [7, 11) is 5.20. The van der Waals surface area contributed by atoms with Gasteiger partial charge in [-0.1, -0.05) is 13.0 Å². The van der Waals surface area contributed by atoms with E-state index in [0.717, 1.165) is 18.0 Å². The van der Waals surface area contributed by atoms with E-state index in [2.05, 4.69) is 12.2 Å². The number of ether oxygens (including phenoxy) is 2. The quantitative estimate of drug-likeness (QED) is 0.810. The van der Waals surface area contributed by atoms with E-state index in [1.54, 1.807) is 14.2 Å². The summed E-state index contributed by atoms with van der Waals surface area (Å²) in [5.41, 5.74) is 1.17. The Morgan fingerprint density at radius 1 is 1.28 bits per heavy atom. The lowest BCUT2D eigenvalue weighted by Crippen LogP contribution is -2.01. The monoisotopic (exact) mass is 257 g/mol. The molecule has 0 aliphatic carbocycles. The summed E-state index contributed by atoms with van der Waals surface area (Å²) in [5, 5.41) is 9.82. The first-order valence-electron chi connectivity index (χ1n) is 5.52. The van der Waals surface area contributed by atoms with E-state index in [1.165, 1.54) is 5.56 Å². The van der Waals surface area contributed by atoms with Crippen molar-refractivity contribution in [3.63, 3.8) is 0 Å². The summed E-state index contributed by atoms with van der Waals surface area (Å²) in [4.78, 5) is 8.36. The molecule has 0 unspecified atom stereocenters. The van der Waals surface area contributed by atoms with Crippen molar-refractivity contribution < 1.29 is 19.4 Å². The van der Waals surface area contributed by atoms with E-state index >= 15 is 0 Å². The number of rotatable bonds is 3. The normalized spacial score (nSPS) is 8.06. The summed E-state index contributed by atoms with van der Waals surface area (Å²) >= 11 is 0. The lowest BCUT2D eigenvalue weighted by molar-refractivity contribution is -0.122. The largest absolute Gasteiger partial charge is 0.493 e. The van der Waals surface area contributed by atoms with Crippen LogP contribution in [-0.4, -0.2) is 39.4 Å². The van der Waals surface area contributed by atoms with Crippen LogP contribution >= 0.6 is 0 Å². The van der Waals surface area contributed by atoms with Gasteiger partial charge in [0.05, 0.1) is 14.2 Å². The molecule has 104 valence electrons. The molecular formula is C13H23NO4. The molecular weight excluding hydrogens is 234 g/mol. The standard InChI is InChI=1S/C9H12O2.C3H9N.CH2O2/c1-7-4-5-8(10-2)9(6-7)11-3;1-3-4-2;2-1-3/h4-6H,1-3H3;4H,3H2,1-2H3;1H,(H,2,3). The molecule has 0 heterocycles. The van der Waals surface area contributed by atoms with Crippen LogP contribution in [0.5, 0.6) is 11.5 Å². The third-order valence-corrected chi connectivity index (χ3v) is 1.89. The Morgan fingerprint density at radius 2 is 1.72 bits per heavy atom. The highest BCUT2D eigenvalue weighted by Gasteiger charge is 2.00. The molecule has 18 heavy (non-hydrogen) atoms. The summed E-state index contributed by atoms with van der Waals surface area (Å²) in [6.07, 6.45) is 0. The van der Waals surface area contributed by atoms with Crippen molar-refractivity contribution in [2.45, 2.75) is 13.8 Å². The topological polar surface area (TPSA) is 67.8 Å². The Kier molecular flexibility index (Phi) is 13.8. The predicted molar refractivity (Wildman–Crippen MR) is 72.6 cm³/mol. The molecule has 1 rings (SSSR count). The van der Waals surface area contributed by atoms with Crippen LogP contribution in [0, 0.1) is 6.92 Å². The fraction of sp³-hybridized carbons (Fsp3) is 0.462. The van der Waals surface area contributed by atoms with E-state index in [-0.39, 0.29) is 6.47 Å². The number of hydrogen-bond acceptors (Lipinski definition) is 4. The zero-order valence-corrected chi connectivity index (χ0v) is 11.7. The molecule has 0 saturated carbocycles. The Morgan fingerprint density at radius 3 is 2.06 bits per heavy atom. The van der Waals surface area contributed by atoms with Gasteiger partial charge < -0.3 is 19.9 Å². The highest BCUT2D eigenvalue weighted by atomic mass is 16.5. The van der Waals surface area contributed by atoms with Crippen LogP contribution in [0.2, 0.25) is 0 Å². The summed E-state index contributed by atoms with van der Waals surface area (Å²) in [5.74, 6) is 1.56. The van der Waals surface area contributed by atoms with E-state index in [4.69, 9.17) is 19.4 Å². The van der Waals surface area contributed by atoms with Gasteiger partial charge in [0, 0.05) is 0 Å². The zero-order valence-electron chi connectivity index (χ0n) is 11.7. The number of aryl methyl sites for hydroxylation is 1. The minimum absolute atomic E-state index is 0.250. The van der Waals surface area contributed by atoms with Crippen LogP contribution in [0.3, 0.4) is 0 Å². The molecule has 1 aromatic rings. The molecule has 5 nitrogen and oxygen atoms in total. The van der Waals surface area contributed by atoms with Crippen LogP contribution < -0.4 is 14.8 Å². The van der Waals surface area contributed by atoms with Gasteiger partial charge in [-0.15, -0.1) is 0 Å². The Labute approximate surface area is 109 Å². The van der Waals surface area contributed by atoms with Gasteiger partial charge in [-0.3, -0.25) is 4.79 Å². The van der Waals surface area contributed by atoms with Crippen molar-refractivity contribution >= 4 is 6.47 Å². The fourth-order valence-electron chi connectivity index (χ4n) is 0.943. The molecule has 0 bridgehead atoms. The molecule has 0 fully saturated rings. The van der Waals surface area contributed by atoms with Crippen LogP contribution in [0.1, 0.15) is 12.5 Å². The van der Waals surface area contributed by atoms with Crippen molar-refractivity contribution in [1.29, 1.82) is 0 Å². The van der Waals surface area contributed by atoms with Gasteiger partial charge in [0.15, 0.2) is 11.5 Å². The maximum atomic E-state index is 8.36. The van der Waals surface area contributed by atoms with Crippen LogP contribution in [0.25, 0.3) is 0 Å². The average molecular weight is 257 g/mol. The predicted octanol–water partition coefficient (Wildman–Crippen LogP) is 1.94. The van der Waals surface area contributed by atoms with Gasteiger partial charge in [0.25, 0.3) is 6.47 Å². The second-order valence-electron chi connectivity index (χ2n) is 3.17. The third-order valence-electron chi connectivity index (χ3n) is 1.89. The smallest absolute Gasteiger partial charge is 0.290 e. The summed E-state index contributed by atoms with van der Waals surface area (Å²) in [6.45, 7) is 4.90. The number of nitrogens with one attached hydrogen (secondary N) is 1. The number of carboxylic acid groups (broad SMARTS) is 1. The van der Waals surface area contributed by atoms with E-state index in [0.29, 0.717) is 0 Å². The SMILES string of the molecule is CCNC.COc1ccc(C)cc1OC.O=CO. The van der Waals surface area contributed by atoms with Crippen molar-refractivity contribution in [3.8, 4) is 11.5 Å². The first-order valence-corrected chi connectivity index (χ1v) is 5.52. The molecule has 0 atom stereocenters. The van der Waals surface area contributed by atoms with E-state index < -0.39 is 0 Å². The molecule has 0 aliphatic heterocycles. The molecule has 1 aromatic carbocycles. The highest BCUT2D eigenvalue weighted by molar-refractivity contribution is 5.42. The maximum Gasteiger partial charge on any atom is 0.290 e. The fourth-order valence-corrected chi connectivity index (χ4v) is 0.943. The van der Waals surface area contributed by atoms with Gasteiger partial charge in [0.1, 0.15) is 0 Å². The molecule has 0 radical (unpaired) electrons. The van der Waals surface area contributed by atoms with Gasteiger partial charge >= 0.3 is 0 Å². The minimum atomic E-state index is -0.250. The summed E-state index contributed by atoms with van der Waals surface area (Å²) in [6, 6.07) is 5.83. The van der Waals surface area contributed by atoms with Crippen LogP contribution in [0.15, 0.2) is 18.2 Å². The zero-order chi connectivity index (χ0) is 14.4. The molecule has 5 heteroatoms. The number of hydrogen-bond donors (Lipinski definition) is 2. The van der Waals surface area contributed by atoms with E-state index in [1.807, 2.05) is 32.2 Å². The van der Waals surface area contributed by atoms with Crippen molar-refractivity contribution in [2.24, 2.45) is 0 Å².